The number of aliphatic hydroxyl groups is 2. The highest BCUT2D eigenvalue weighted by Gasteiger charge is 2.17. The number of allylic oxidation sites excluding steroid dienone is 7. The Morgan fingerprint density at radius 3 is 1.29 bits per heavy atom. The Morgan fingerprint density at radius 2 is 0.867 bits per heavy atom. The van der Waals surface area contributed by atoms with Gasteiger partial charge in [0.25, 0.3) is 0 Å². The standard InChI is InChI=1S/C41H75NO3/c1-3-5-7-9-11-13-15-17-18-19-20-21-22-23-25-26-28-30-32-34-36-40(44)39(38-43)42-41(45)37-35-33-31-29-27-24-16-14-12-10-8-6-4-2/h21-22,24,26-28,34,36,39-40,43-44H,3-20,23,25,29-33,35,37-38H2,1-2H3,(H,42,45)/b22-21+,27-24-,28-26+,36-34+. The summed E-state index contributed by atoms with van der Waals surface area (Å²) in [5, 5.41) is 22.9. The Balaban J connectivity index is 3.72. The molecule has 262 valence electrons. The highest BCUT2D eigenvalue weighted by molar-refractivity contribution is 5.76. The Kier molecular flexibility index (Phi) is 35.5. The summed E-state index contributed by atoms with van der Waals surface area (Å²) in [5.74, 6) is -0.0967. The zero-order valence-corrected chi connectivity index (χ0v) is 29.9. The van der Waals surface area contributed by atoms with Gasteiger partial charge < -0.3 is 15.5 Å². The molecule has 3 N–H and O–H groups in total. The highest BCUT2D eigenvalue weighted by atomic mass is 16.3. The molecule has 0 bridgehead atoms. The first-order valence-electron chi connectivity index (χ1n) is 19.4. The van der Waals surface area contributed by atoms with Crippen LogP contribution in [0, 0.1) is 0 Å². The van der Waals surface area contributed by atoms with Crippen LogP contribution in [0.25, 0.3) is 0 Å². The Hall–Kier alpha value is -1.65. The van der Waals surface area contributed by atoms with E-state index in [1.807, 2.05) is 6.08 Å². The molecule has 2 unspecified atom stereocenters. The number of amides is 1. The van der Waals surface area contributed by atoms with Gasteiger partial charge in [0, 0.05) is 6.42 Å². The fraction of sp³-hybridized carbons (Fsp3) is 0.780. The molecular weight excluding hydrogens is 554 g/mol. The number of rotatable bonds is 34. The second kappa shape index (κ2) is 36.8. The molecule has 45 heavy (non-hydrogen) atoms. The van der Waals surface area contributed by atoms with Crippen LogP contribution in [0.4, 0.5) is 0 Å². The van der Waals surface area contributed by atoms with E-state index in [0.29, 0.717) is 6.42 Å². The third-order valence-corrected chi connectivity index (χ3v) is 8.51. The van der Waals surface area contributed by atoms with Crippen LogP contribution in [-0.4, -0.2) is 34.9 Å². The maximum Gasteiger partial charge on any atom is 0.220 e. The molecule has 0 spiro atoms. The average molecular weight is 630 g/mol. The van der Waals surface area contributed by atoms with Gasteiger partial charge >= 0.3 is 0 Å². The van der Waals surface area contributed by atoms with Crippen molar-refractivity contribution in [3.63, 3.8) is 0 Å². The van der Waals surface area contributed by atoms with Crippen LogP contribution in [0.3, 0.4) is 0 Å². The van der Waals surface area contributed by atoms with Gasteiger partial charge in [-0.2, -0.15) is 0 Å². The van der Waals surface area contributed by atoms with Crippen LogP contribution in [0.5, 0.6) is 0 Å². The molecular formula is C41H75NO3. The monoisotopic (exact) mass is 630 g/mol. The summed E-state index contributed by atoms with van der Waals surface area (Å²) in [7, 11) is 0. The van der Waals surface area contributed by atoms with Gasteiger partial charge in [-0.15, -0.1) is 0 Å². The third-order valence-electron chi connectivity index (χ3n) is 8.51. The fourth-order valence-corrected chi connectivity index (χ4v) is 5.50. The number of hydrogen-bond donors (Lipinski definition) is 3. The first kappa shape index (κ1) is 43.4. The Morgan fingerprint density at radius 1 is 0.511 bits per heavy atom. The van der Waals surface area contributed by atoms with E-state index in [1.165, 1.54) is 116 Å². The largest absolute Gasteiger partial charge is 0.394 e. The van der Waals surface area contributed by atoms with E-state index < -0.39 is 12.1 Å². The predicted molar refractivity (Wildman–Crippen MR) is 198 cm³/mol. The van der Waals surface area contributed by atoms with Crippen molar-refractivity contribution < 1.29 is 15.0 Å². The molecule has 0 aliphatic heterocycles. The maximum atomic E-state index is 12.3. The minimum atomic E-state index is -0.875. The Labute approximate surface area is 280 Å². The van der Waals surface area contributed by atoms with Crippen molar-refractivity contribution in [2.45, 2.75) is 199 Å². The minimum Gasteiger partial charge on any atom is -0.394 e. The van der Waals surface area contributed by atoms with Crippen molar-refractivity contribution >= 4 is 5.91 Å². The quantitative estimate of drug-likeness (QED) is 0.0490. The van der Waals surface area contributed by atoms with Gasteiger partial charge in [0.1, 0.15) is 0 Å². The van der Waals surface area contributed by atoms with Gasteiger partial charge in [0.2, 0.25) is 5.91 Å². The fourth-order valence-electron chi connectivity index (χ4n) is 5.50. The normalized spacial score (nSPS) is 13.6. The Bertz CT molecular complexity index is 726. The third kappa shape index (κ3) is 33.5. The second-order valence-electron chi connectivity index (χ2n) is 13.0. The van der Waals surface area contributed by atoms with Crippen molar-refractivity contribution in [3.05, 3.63) is 48.6 Å². The number of aliphatic hydroxyl groups excluding tert-OH is 2. The molecule has 0 fully saturated rings. The molecule has 0 aromatic rings. The molecule has 4 nitrogen and oxygen atoms in total. The van der Waals surface area contributed by atoms with Crippen molar-refractivity contribution in [3.8, 4) is 0 Å². The lowest BCUT2D eigenvalue weighted by Gasteiger charge is -2.19. The molecule has 0 saturated heterocycles. The SMILES string of the molecule is CCCCCCCC/C=C\CCCCCC(=O)NC(CO)C(O)/C=C/CC/C=C/CC/C=C/CCCCCCCCCCCC. The minimum absolute atomic E-state index is 0.0967. The summed E-state index contributed by atoms with van der Waals surface area (Å²) in [6, 6.07) is -0.652. The molecule has 1 amide bonds. The summed E-state index contributed by atoms with van der Waals surface area (Å²) in [6.45, 7) is 4.26. The molecule has 0 aliphatic rings. The lowest BCUT2D eigenvalue weighted by atomic mass is 10.1. The average Bonchev–Trinajstić information content (AvgIpc) is 3.04. The summed E-state index contributed by atoms with van der Waals surface area (Å²) in [5.41, 5.74) is 0. The maximum absolute atomic E-state index is 12.3. The van der Waals surface area contributed by atoms with E-state index in [9.17, 15) is 15.0 Å². The molecule has 0 saturated carbocycles. The molecule has 2 atom stereocenters. The zero-order chi connectivity index (χ0) is 32.9. The smallest absolute Gasteiger partial charge is 0.220 e. The van der Waals surface area contributed by atoms with Crippen molar-refractivity contribution in [2.75, 3.05) is 6.61 Å². The molecule has 0 aromatic heterocycles. The predicted octanol–water partition coefficient (Wildman–Crippen LogP) is 11.6. The molecule has 0 radical (unpaired) electrons. The number of carbonyl (C=O) groups is 1. The van der Waals surface area contributed by atoms with Crippen LogP contribution in [0.1, 0.15) is 187 Å². The van der Waals surface area contributed by atoms with E-state index in [1.54, 1.807) is 6.08 Å². The zero-order valence-electron chi connectivity index (χ0n) is 29.9. The topological polar surface area (TPSA) is 69.6 Å². The molecule has 0 aliphatic carbocycles. The van der Waals surface area contributed by atoms with E-state index in [4.69, 9.17) is 0 Å². The van der Waals surface area contributed by atoms with Crippen LogP contribution in [0.2, 0.25) is 0 Å². The molecule has 4 heteroatoms. The number of nitrogens with one attached hydrogen (secondary N) is 1. The van der Waals surface area contributed by atoms with E-state index in [0.717, 1.165) is 51.4 Å². The number of unbranched alkanes of at least 4 members (excludes halogenated alkanes) is 21. The highest BCUT2D eigenvalue weighted by Crippen LogP contribution is 2.12. The summed E-state index contributed by atoms with van der Waals surface area (Å²) in [6.07, 6.45) is 49.2. The van der Waals surface area contributed by atoms with Crippen molar-refractivity contribution in [1.29, 1.82) is 0 Å². The van der Waals surface area contributed by atoms with E-state index >= 15 is 0 Å². The first-order valence-corrected chi connectivity index (χ1v) is 19.4. The second-order valence-corrected chi connectivity index (χ2v) is 13.0. The summed E-state index contributed by atoms with van der Waals surface area (Å²) < 4.78 is 0. The van der Waals surface area contributed by atoms with Crippen molar-refractivity contribution in [1.82, 2.24) is 5.32 Å². The van der Waals surface area contributed by atoms with Crippen LogP contribution in [-0.2, 0) is 4.79 Å². The van der Waals surface area contributed by atoms with E-state index in [2.05, 4.69) is 55.6 Å². The molecule has 0 aromatic carbocycles. The van der Waals surface area contributed by atoms with Gasteiger partial charge in [-0.3, -0.25) is 4.79 Å². The lowest BCUT2D eigenvalue weighted by Crippen LogP contribution is -2.45. The number of hydrogen-bond acceptors (Lipinski definition) is 3. The van der Waals surface area contributed by atoms with Crippen LogP contribution >= 0.6 is 0 Å². The molecule has 0 heterocycles. The van der Waals surface area contributed by atoms with Gasteiger partial charge in [-0.25, -0.2) is 0 Å². The van der Waals surface area contributed by atoms with Crippen LogP contribution in [0.15, 0.2) is 48.6 Å². The summed E-state index contributed by atoms with van der Waals surface area (Å²) >= 11 is 0. The molecule has 0 rings (SSSR count). The van der Waals surface area contributed by atoms with Crippen LogP contribution < -0.4 is 5.32 Å². The van der Waals surface area contributed by atoms with Gasteiger partial charge in [-0.1, -0.05) is 159 Å². The van der Waals surface area contributed by atoms with Gasteiger partial charge in [0.05, 0.1) is 18.8 Å². The van der Waals surface area contributed by atoms with E-state index in [-0.39, 0.29) is 12.5 Å². The van der Waals surface area contributed by atoms with Gasteiger partial charge in [0.15, 0.2) is 0 Å². The summed E-state index contributed by atoms with van der Waals surface area (Å²) in [4.78, 5) is 12.3. The number of carbonyl (C=O) groups excluding carboxylic acids is 1. The van der Waals surface area contributed by atoms with Gasteiger partial charge in [-0.05, 0) is 70.6 Å². The van der Waals surface area contributed by atoms with Crippen molar-refractivity contribution in [2.24, 2.45) is 0 Å². The first-order chi connectivity index (χ1) is 22.2. The lowest BCUT2D eigenvalue weighted by molar-refractivity contribution is -0.123.